The molecule has 1 aliphatic rings. The number of rotatable bonds is 4. The number of aliphatic hydroxyl groups is 1. The number of benzene rings is 2. The van der Waals surface area contributed by atoms with Gasteiger partial charge in [0.2, 0.25) is 5.78 Å². The summed E-state index contributed by atoms with van der Waals surface area (Å²) < 4.78 is 27.2. The van der Waals surface area contributed by atoms with Crippen LogP contribution in [0.5, 0.6) is 0 Å². The fourth-order valence-corrected chi connectivity index (χ4v) is 3.91. The lowest BCUT2D eigenvalue weighted by Crippen LogP contribution is -2.31. The highest BCUT2D eigenvalue weighted by molar-refractivity contribution is 7.12. The van der Waals surface area contributed by atoms with Gasteiger partial charge in [-0.25, -0.2) is 8.78 Å². The molecular formula is C21H13F2NO3S. The molecule has 1 atom stereocenters. The number of carbonyl (C=O) groups is 2. The molecule has 0 fully saturated rings. The second-order valence-corrected chi connectivity index (χ2v) is 7.13. The molecule has 0 bridgehead atoms. The second kappa shape index (κ2) is 7.01. The maximum atomic E-state index is 13.8. The lowest BCUT2D eigenvalue weighted by Gasteiger charge is -2.26. The Balaban J connectivity index is 1.89. The van der Waals surface area contributed by atoms with Gasteiger partial charge >= 0.3 is 0 Å². The second-order valence-electron chi connectivity index (χ2n) is 6.18. The number of ketones is 1. The summed E-state index contributed by atoms with van der Waals surface area (Å²) in [5.74, 6) is -3.07. The molecule has 2 heterocycles. The van der Waals surface area contributed by atoms with Crippen molar-refractivity contribution in [2.24, 2.45) is 0 Å². The van der Waals surface area contributed by atoms with Crippen LogP contribution in [0.1, 0.15) is 21.3 Å². The molecule has 1 amide bonds. The molecule has 3 aromatic rings. The van der Waals surface area contributed by atoms with Gasteiger partial charge in [0.1, 0.15) is 11.6 Å². The molecule has 4 nitrogen and oxygen atoms in total. The van der Waals surface area contributed by atoms with E-state index in [1.807, 2.05) is 0 Å². The van der Waals surface area contributed by atoms with E-state index in [0.29, 0.717) is 10.4 Å². The summed E-state index contributed by atoms with van der Waals surface area (Å²) in [5, 5.41) is 12.2. The largest absolute Gasteiger partial charge is 0.503 e. The molecular weight excluding hydrogens is 384 g/mol. The highest BCUT2D eigenvalue weighted by atomic mass is 32.1. The predicted octanol–water partition coefficient (Wildman–Crippen LogP) is 4.81. The van der Waals surface area contributed by atoms with Crippen molar-refractivity contribution < 1.29 is 23.5 Å². The molecule has 2 aromatic carbocycles. The monoisotopic (exact) mass is 397 g/mol. The van der Waals surface area contributed by atoms with Crippen molar-refractivity contribution in [3.05, 3.63) is 99.5 Å². The van der Waals surface area contributed by atoms with Crippen LogP contribution in [-0.4, -0.2) is 16.8 Å². The van der Waals surface area contributed by atoms with Gasteiger partial charge in [0.25, 0.3) is 5.91 Å². The van der Waals surface area contributed by atoms with Crippen LogP contribution in [0.25, 0.3) is 0 Å². The smallest absolute Gasteiger partial charge is 0.294 e. The van der Waals surface area contributed by atoms with Crippen molar-refractivity contribution in [3.63, 3.8) is 0 Å². The molecule has 4 rings (SSSR count). The fraction of sp³-hybridized carbons (Fsp3) is 0.0476. The average Bonchev–Trinajstić information content (AvgIpc) is 3.30. The maximum Gasteiger partial charge on any atom is 0.294 e. The van der Waals surface area contributed by atoms with Crippen LogP contribution < -0.4 is 4.90 Å². The van der Waals surface area contributed by atoms with Crippen molar-refractivity contribution in [2.45, 2.75) is 6.04 Å². The first kappa shape index (κ1) is 18.1. The summed E-state index contributed by atoms with van der Waals surface area (Å²) in [4.78, 5) is 27.3. The Hall–Kier alpha value is -3.32. The standard InChI is InChI=1S/C21H13F2NO3S/c22-13-8-6-12(7-9-13)18-17(19(25)16-5-2-10-28-16)20(26)21(27)24(18)15-4-1-3-14(23)11-15/h1-11,18,26H. The summed E-state index contributed by atoms with van der Waals surface area (Å²) in [6.07, 6.45) is 0. The molecule has 0 saturated heterocycles. The van der Waals surface area contributed by atoms with Crippen molar-refractivity contribution >= 4 is 28.7 Å². The van der Waals surface area contributed by atoms with Gasteiger partial charge in [0.15, 0.2) is 5.76 Å². The minimum Gasteiger partial charge on any atom is -0.503 e. The van der Waals surface area contributed by atoms with E-state index < -0.39 is 35.1 Å². The molecule has 0 spiro atoms. The van der Waals surface area contributed by atoms with Crippen LogP contribution in [0.15, 0.2) is 77.4 Å². The molecule has 140 valence electrons. The molecule has 0 saturated carbocycles. The minimum atomic E-state index is -1.01. The molecule has 28 heavy (non-hydrogen) atoms. The Morgan fingerprint density at radius 3 is 2.39 bits per heavy atom. The molecule has 0 radical (unpaired) electrons. The average molecular weight is 397 g/mol. The Labute approximate surface area is 163 Å². The number of nitrogens with zero attached hydrogens (tertiary/aromatic N) is 1. The number of thiophene rings is 1. The number of hydrogen-bond donors (Lipinski definition) is 1. The Morgan fingerprint density at radius 2 is 1.75 bits per heavy atom. The minimum absolute atomic E-state index is 0.122. The van der Waals surface area contributed by atoms with E-state index in [9.17, 15) is 23.5 Å². The zero-order valence-corrected chi connectivity index (χ0v) is 15.1. The van der Waals surface area contributed by atoms with E-state index in [1.165, 1.54) is 53.8 Å². The van der Waals surface area contributed by atoms with E-state index >= 15 is 0 Å². The van der Waals surface area contributed by atoms with Gasteiger partial charge in [-0.3, -0.25) is 14.5 Å². The number of amides is 1. The molecule has 1 aliphatic heterocycles. The first-order valence-corrected chi connectivity index (χ1v) is 9.21. The number of carbonyl (C=O) groups excluding carboxylic acids is 2. The van der Waals surface area contributed by atoms with E-state index in [2.05, 4.69) is 0 Å². The number of anilines is 1. The Kier molecular flexibility index (Phi) is 4.52. The van der Waals surface area contributed by atoms with Gasteiger partial charge in [-0.15, -0.1) is 11.3 Å². The highest BCUT2D eigenvalue weighted by Gasteiger charge is 2.44. The first-order chi connectivity index (χ1) is 13.5. The SMILES string of the molecule is O=C(C1=C(O)C(=O)N(c2cccc(F)c2)C1c1ccc(F)cc1)c1cccs1. The van der Waals surface area contributed by atoms with Gasteiger partial charge < -0.3 is 5.11 Å². The Bertz CT molecular complexity index is 1090. The predicted molar refractivity (Wildman–Crippen MR) is 101 cm³/mol. The number of Topliss-reactive ketones (excluding diaryl/α,β-unsaturated/α-hetero) is 1. The van der Waals surface area contributed by atoms with E-state index in [4.69, 9.17) is 0 Å². The van der Waals surface area contributed by atoms with Crippen molar-refractivity contribution in [3.8, 4) is 0 Å². The van der Waals surface area contributed by atoms with Crippen LogP contribution >= 0.6 is 11.3 Å². The lowest BCUT2D eigenvalue weighted by atomic mass is 9.95. The van der Waals surface area contributed by atoms with Gasteiger partial charge in [-0.1, -0.05) is 24.3 Å². The van der Waals surface area contributed by atoms with Crippen molar-refractivity contribution in [2.75, 3.05) is 4.90 Å². The fourth-order valence-electron chi connectivity index (χ4n) is 3.23. The van der Waals surface area contributed by atoms with Crippen molar-refractivity contribution in [1.29, 1.82) is 0 Å². The molecule has 1 aromatic heterocycles. The van der Waals surface area contributed by atoms with Crippen LogP contribution in [-0.2, 0) is 4.79 Å². The highest BCUT2D eigenvalue weighted by Crippen LogP contribution is 2.42. The van der Waals surface area contributed by atoms with Gasteiger partial charge in [-0.2, -0.15) is 0 Å². The third kappa shape index (κ3) is 2.99. The third-order valence-electron chi connectivity index (χ3n) is 4.47. The number of hydrogen-bond acceptors (Lipinski definition) is 4. The number of aliphatic hydroxyl groups excluding tert-OH is 1. The van der Waals surface area contributed by atoms with E-state index in [0.717, 1.165) is 11.0 Å². The van der Waals surface area contributed by atoms with Crippen LogP contribution in [0, 0.1) is 11.6 Å². The van der Waals surface area contributed by atoms with Crippen LogP contribution in [0.2, 0.25) is 0 Å². The summed E-state index contributed by atoms with van der Waals surface area (Å²) in [6, 6.07) is 12.8. The third-order valence-corrected chi connectivity index (χ3v) is 5.34. The van der Waals surface area contributed by atoms with E-state index in [-0.39, 0.29) is 11.3 Å². The van der Waals surface area contributed by atoms with E-state index in [1.54, 1.807) is 17.5 Å². The maximum absolute atomic E-state index is 13.8. The summed E-state index contributed by atoms with van der Waals surface area (Å²) >= 11 is 1.18. The quantitative estimate of drug-likeness (QED) is 0.643. The van der Waals surface area contributed by atoms with Crippen molar-refractivity contribution in [1.82, 2.24) is 0 Å². The lowest BCUT2D eigenvalue weighted by molar-refractivity contribution is -0.117. The Morgan fingerprint density at radius 1 is 1.00 bits per heavy atom. The van der Waals surface area contributed by atoms with Gasteiger partial charge in [0.05, 0.1) is 16.5 Å². The zero-order valence-electron chi connectivity index (χ0n) is 14.3. The van der Waals surface area contributed by atoms with Gasteiger partial charge in [0, 0.05) is 5.69 Å². The summed E-state index contributed by atoms with van der Waals surface area (Å²) in [5.41, 5.74) is 0.478. The molecule has 1 N–H and O–H groups in total. The zero-order chi connectivity index (χ0) is 19.8. The molecule has 7 heteroatoms. The van der Waals surface area contributed by atoms with Crippen LogP contribution in [0.4, 0.5) is 14.5 Å². The molecule has 0 aliphatic carbocycles. The topological polar surface area (TPSA) is 57.6 Å². The molecule has 1 unspecified atom stereocenters. The number of halogens is 2. The van der Waals surface area contributed by atoms with Gasteiger partial charge in [-0.05, 0) is 47.3 Å². The summed E-state index contributed by atoms with van der Waals surface area (Å²) in [7, 11) is 0. The first-order valence-electron chi connectivity index (χ1n) is 8.33. The summed E-state index contributed by atoms with van der Waals surface area (Å²) in [6.45, 7) is 0. The normalized spacial score (nSPS) is 16.7. The van der Waals surface area contributed by atoms with Crippen LogP contribution in [0.3, 0.4) is 0 Å².